The maximum atomic E-state index is 11.7. The standard InChI is InChI=1S/C10H19FO2/c1-2-13-10(12)8-6-4-3-5-7-9-11/h2-9H2,1H3/i11-1. The Morgan fingerprint density at radius 1 is 1.15 bits per heavy atom. The summed E-state index contributed by atoms with van der Waals surface area (Å²) in [5.74, 6) is -0.118. The molecular weight excluding hydrogens is 170 g/mol. The lowest BCUT2D eigenvalue weighted by molar-refractivity contribution is -0.143. The zero-order chi connectivity index (χ0) is 9.94. The van der Waals surface area contributed by atoms with E-state index >= 15 is 0 Å². The van der Waals surface area contributed by atoms with Crippen LogP contribution in [0.1, 0.15) is 45.4 Å². The molecule has 0 amide bonds. The third kappa shape index (κ3) is 9.31. The number of esters is 1. The Morgan fingerprint density at radius 3 is 2.38 bits per heavy atom. The number of ether oxygens (including phenoxy) is 1. The summed E-state index contributed by atoms with van der Waals surface area (Å²) in [6.45, 7) is 2.04. The van der Waals surface area contributed by atoms with E-state index in [9.17, 15) is 9.18 Å². The molecule has 0 heterocycles. The number of carbonyl (C=O) groups excluding carboxylic acids is 1. The number of alkyl halides is 1. The molecular formula is C10H19FO2. The highest BCUT2D eigenvalue weighted by molar-refractivity contribution is 5.69. The second-order valence-electron chi connectivity index (χ2n) is 3.01. The molecule has 3 heteroatoms. The molecule has 78 valence electrons. The summed E-state index contributed by atoms with van der Waals surface area (Å²) in [5, 5.41) is 0. The third-order valence-corrected chi connectivity index (χ3v) is 1.82. The van der Waals surface area contributed by atoms with Gasteiger partial charge in [-0.1, -0.05) is 19.3 Å². The maximum absolute atomic E-state index is 11.7. The molecule has 0 saturated carbocycles. The van der Waals surface area contributed by atoms with Crippen molar-refractivity contribution in [3.63, 3.8) is 0 Å². The maximum Gasteiger partial charge on any atom is 0.305 e. The van der Waals surface area contributed by atoms with Crippen molar-refractivity contribution >= 4 is 5.97 Å². The topological polar surface area (TPSA) is 26.3 Å². The number of halogens is 1. The molecule has 0 aliphatic carbocycles. The summed E-state index contributed by atoms with van der Waals surface area (Å²) in [4.78, 5) is 10.8. The van der Waals surface area contributed by atoms with Crippen LogP contribution in [0.2, 0.25) is 0 Å². The predicted octanol–water partition coefficient (Wildman–Crippen LogP) is 2.86. The molecule has 0 saturated heterocycles. The summed E-state index contributed by atoms with van der Waals surface area (Å²) in [7, 11) is 0. The first-order valence-electron chi connectivity index (χ1n) is 5.02. The van der Waals surface area contributed by atoms with Gasteiger partial charge >= 0.3 is 5.97 Å². The summed E-state index contributed by atoms with van der Waals surface area (Å²) >= 11 is 0. The first-order valence-corrected chi connectivity index (χ1v) is 5.02. The van der Waals surface area contributed by atoms with Crippen LogP contribution in [0.3, 0.4) is 0 Å². The van der Waals surface area contributed by atoms with E-state index in [-0.39, 0.29) is 12.6 Å². The molecule has 0 atom stereocenters. The van der Waals surface area contributed by atoms with Gasteiger partial charge in [0.05, 0.1) is 13.3 Å². The van der Waals surface area contributed by atoms with Crippen molar-refractivity contribution in [2.45, 2.75) is 45.4 Å². The van der Waals surface area contributed by atoms with E-state index < -0.39 is 0 Å². The minimum absolute atomic E-state index is 0.118. The zero-order valence-corrected chi connectivity index (χ0v) is 8.35. The van der Waals surface area contributed by atoms with Crippen molar-refractivity contribution in [3.05, 3.63) is 0 Å². The zero-order valence-electron chi connectivity index (χ0n) is 8.35. The van der Waals surface area contributed by atoms with Crippen LogP contribution in [0.4, 0.5) is 4.39 Å². The average Bonchev–Trinajstić information content (AvgIpc) is 2.11. The Labute approximate surface area is 79.5 Å². The molecule has 0 fully saturated rings. The Kier molecular flexibility index (Phi) is 9.05. The molecule has 0 aliphatic rings. The van der Waals surface area contributed by atoms with Crippen LogP contribution in [0.5, 0.6) is 0 Å². The molecule has 0 N–H and O–H groups in total. The van der Waals surface area contributed by atoms with E-state index in [1.807, 2.05) is 0 Å². The summed E-state index contributed by atoms with van der Waals surface area (Å²) in [6.07, 6.45) is 4.97. The quantitative estimate of drug-likeness (QED) is 0.433. The molecule has 13 heavy (non-hydrogen) atoms. The highest BCUT2D eigenvalue weighted by atomic mass is 18.2. The van der Waals surface area contributed by atoms with Gasteiger partial charge in [0.1, 0.15) is 0 Å². The third-order valence-electron chi connectivity index (χ3n) is 1.82. The Balaban J connectivity index is 3.02. The largest absolute Gasteiger partial charge is 0.466 e. The first kappa shape index (κ1) is 12.4. The molecule has 0 aromatic rings. The lowest BCUT2D eigenvalue weighted by Crippen LogP contribution is -2.03. The lowest BCUT2D eigenvalue weighted by Gasteiger charge is -2.01. The monoisotopic (exact) mass is 189 g/mol. The highest BCUT2D eigenvalue weighted by Gasteiger charge is 1.99. The van der Waals surface area contributed by atoms with Crippen molar-refractivity contribution < 1.29 is 13.9 Å². The second-order valence-corrected chi connectivity index (χ2v) is 3.01. The van der Waals surface area contributed by atoms with Crippen molar-refractivity contribution in [1.82, 2.24) is 0 Å². The predicted molar refractivity (Wildman–Crippen MR) is 50.3 cm³/mol. The fourth-order valence-electron chi connectivity index (χ4n) is 1.13. The number of unbranched alkanes of at least 4 members (excludes halogenated alkanes) is 4. The average molecular weight is 189 g/mol. The van der Waals surface area contributed by atoms with Gasteiger partial charge in [-0.3, -0.25) is 9.18 Å². The summed E-state index contributed by atoms with van der Waals surface area (Å²) in [6, 6.07) is 0. The van der Waals surface area contributed by atoms with E-state index in [1.165, 1.54) is 0 Å². The minimum Gasteiger partial charge on any atom is -0.466 e. The van der Waals surface area contributed by atoms with Gasteiger partial charge in [-0.15, -0.1) is 0 Å². The molecule has 2 nitrogen and oxygen atoms in total. The molecule has 0 radical (unpaired) electrons. The first-order chi connectivity index (χ1) is 6.31. The van der Waals surface area contributed by atoms with Crippen molar-refractivity contribution in [2.24, 2.45) is 0 Å². The van der Waals surface area contributed by atoms with Crippen LogP contribution < -0.4 is 0 Å². The Bertz CT molecular complexity index is 126. The second kappa shape index (κ2) is 9.49. The molecule has 0 unspecified atom stereocenters. The fraction of sp³-hybridized carbons (Fsp3) is 0.900. The minimum atomic E-state index is -0.224. The summed E-state index contributed by atoms with van der Waals surface area (Å²) < 4.78 is 16.4. The van der Waals surface area contributed by atoms with Gasteiger partial charge in [-0.05, 0) is 19.8 Å². The molecule has 0 aromatic carbocycles. The number of hydrogen-bond acceptors (Lipinski definition) is 2. The van der Waals surface area contributed by atoms with Crippen molar-refractivity contribution in [3.8, 4) is 0 Å². The van der Waals surface area contributed by atoms with Crippen LogP contribution >= 0.6 is 0 Å². The van der Waals surface area contributed by atoms with Gasteiger partial charge in [0.2, 0.25) is 0 Å². The van der Waals surface area contributed by atoms with E-state index in [1.54, 1.807) is 6.92 Å². The Hall–Kier alpha value is -0.600. The molecule has 0 aliphatic heterocycles. The lowest BCUT2D eigenvalue weighted by atomic mass is 10.1. The van der Waals surface area contributed by atoms with Crippen molar-refractivity contribution in [2.75, 3.05) is 13.3 Å². The Morgan fingerprint density at radius 2 is 1.77 bits per heavy atom. The molecule has 0 spiro atoms. The smallest absolute Gasteiger partial charge is 0.305 e. The van der Waals surface area contributed by atoms with Crippen LogP contribution in [-0.4, -0.2) is 19.3 Å². The summed E-state index contributed by atoms with van der Waals surface area (Å²) in [5.41, 5.74) is 0. The van der Waals surface area contributed by atoms with E-state index in [0.717, 1.165) is 25.7 Å². The van der Waals surface area contributed by atoms with Gasteiger partial charge in [-0.25, -0.2) is 0 Å². The van der Waals surface area contributed by atoms with Crippen LogP contribution in [-0.2, 0) is 9.53 Å². The van der Waals surface area contributed by atoms with E-state index in [0.29, 0.717) is 19.4 Å². The van der Waals surface area contributed by atoms with Gasteiger partial charge in [-0.2, -0.15) is 0 Å². The number of rotatable bonds is 8. The number of carbonyl (C=O) groups is 1. The van der Waals surface area contributed by atoms with Gasteiger partial charge in [0.25, 0.3) is 0 Å². The van der Waals surface area contributed by atoms with E-state index in [2.05, 4.69) is 0 Å². The van der Waals surface area contributed by atoms with Crippen LogP contribution in [0, 0.1) is 0 Å². The SMILES string of the molecule is CCOC(=O)CCCCCCC[18F]. The number of hydrogen-bond donors (Lipinski definition) is 0. The van der Waals surface area contributed by atoms with Gasteiger partial charge < -0.3 is 4.74 Å². The molecule has 0 rings (SSSR count). The molecule has 0 bridgehead atoms. The fourth-order valence-corrected chi connectivity index (χ4v) is 1.13. The normalized spacial score (nSPS) is 10.0. The van der Waals surface area contributed by atoms with Crippen molar-refractivity contribution in [1.29, 1.82) is 0 Å². The van der Waals surface area contributed by atoms with E-state index in [4.69, 9.17) is 4.74 Å². The van der Waals surface area contributed by atoms with Gasteiger partial charge in [0.15, 0.2) is 0 Å². The molecule has 0 aromatic heterocycles. The van der Waals surface area contributed by atoms with Gasteiger partial charge in [0, 0.05) is 6.42 Å². The highest BCUT2D eigenvalue weighted by Crippen LogP contribution is 2.06. The van der Waals surface area contributed by atoms with Crippen LogP contribution in [0.15, 0.2) is 0 Å². The van der Waals surface area contributed by atoms with Crippen LogP contribution in [0.25, 0.3) is 0 Å².